The van der Waals surface area contributed by atoms with Crippen molar-refractivity contribution in [2.24, 2.45) is 0 Å². The zero-order chi connectivity index (χ0) is 15.1. The van der Waals surface area contributed by atoms with Crippen LogP contribution in [-0.2, 0) is 0 Å². The summed E-state index contributed by atoms with van der Waals surface area (Å²) in [4.78, 5) is 13.1. The molecule has 0 fully saturated rings. The van der Waals surface area contributed by atoms with E-state index in [1.807, 2.05) is 11.4 Å². The molecule has 0 aliphatic rings. The lowest BCUT2D eigenvalue weighted by molar-refractivity contribution is 0.0958. The third kappa shape index (κ3) is 5.13. The Morgan fingerprint density at radius 3 is 2.50 bits per heavy atom. The van der Waals surface area contributed by atoms with Crippen LogP contribution in [0, 0.1) is 6.92 Å². The van der Waals surface area contributed by atoms with Crippen molar-refractivity contribution in [2.75, 3.05) is 19.6 Å². The van der Waals surface area contributed by atoms with Crippen molar-refractivity contribution >= 4 is 29.7 Å². The molecule has 2 rings (SSSR count). The van der Waals surface area contributed by atoms with E-state index in [2.05, 4.69) is 48.7 Å². The molecule has 0 spiro atoms. The highest BCUT2D eigenvalue weighted by Gasteiger charge is 2.13. The number of amides is 1. The van der Waals surface area contributed by atoms with E-state index in [-0.39, 0.29) is 18.3 Å². The van der Waals surface area contributed by atoms with Crippen LogP contribution < -0.4 is 10.6 Å². The molecule has 1 aromatic heterocycles. The third-order valence-electron chi connectivity index (χ3n) is 3.25. The van der Waals surface area contributed by atoms with Gasteiger partial charge in [0.25, 0.3) is 5.91 Å². The molecule has 0 bridgehead atoms. The maximum absolute atomic E-state index is 12.3. The van der Waals surface area contributed by atoms with Crippen LogP contribution in [0.1, 0.15) is 28.6 Å². The molecule has 3 nitrogen and oxygen atoms in total. The number of halogens is 1. The fourth-order valence-electron chi connectivity index (χ4n) is 2.09. The molecule has 2 N–H and O–H groups in total. The van der Waals surface area contributed by atoms with Gasteiger partial charge in [-0.25, -0.2) is 0 Å². The summed E-state index contributed by atoms with van der Waals surface area (Å²) in [5, 5.41) is 8.22. The number of hydrogen-bond donors (Lipinski definition) is 2. The van der Waals surface area contributed by atoms with Gasteiger partial charge in [0, 0.05) is 18.7 Å². The highest BCUT2D eigenvalue weighted by atomic mass is 35.5. The molecule has 2 aromatic rings. The van der Waals surface area contributed by atoms with Crippen molar-refractivity contribution in [2.45, 2.75) is 20.3 Å². The quantitative estimate of drug-likeness (QED) is 0.752. The van der Waals surface area contributed by atoms with Crippen LogP contribution in [0.2, 0.25) is 0 Å². The summed E-state index contributed by atoms with van der Waals surface area (Å²) in [6, 6.07) is 10.3. The number of aryl methyl sites for hydroxylation is 1. The van der Waals surface area contributed by atoms with Gasteiger partial charge in [0.05, 0.1) is 4.88 Å². The van der Waals surface area contributed by atoms with Gasteiger partial charge in [0.15, 0.2) is 0 Å². The minimum Gasteiger partial charge on any atom is -0.350 e. The molecule has 0 unspecified atom stereocenters. The van der Waals surface area contributed by atoms with Crippen LogP contribution in [-0.4, -0.2) is 25.5 Å². The predicted molar refractivity (Wildman–Crippen MR) is 97.2 cm³/mol. The molecule has 1 amide bonds. The number of nitrogens with one attached hydrogen (secondary N) is 2. The van der Waals surface area contributed by atoms with Gasteiger partial charge in [-0.05, 0) is 36.9 Å². The first-order chi connectivity index (χ1) is 10.2. The minimum atomic E-state index is 0. The Morgan fingerprint density at radius 2 is 1.82 bits per heavy atom. The second-order valence-electron chi connectivity index (χ2n) is 5.04. The second-order valence-corrected chi connectivity index (χ2v) is 5.95. The highest BCUT2D eigenvalue weighted by molar-refractivity contribution is 7.12. The van der Waals surface area contributed by atoms with Crippen LogP contribution in [0.15, 0.2) is 35.7 Å². The van der Waals surface area contributed by atoms with Crippen molar-refractivity contribution in [3.63, 3.8) is 0 Å². The van der Waals surface area contributed by atoms with E-state index in [9.17, 15) is 4.79 Å². The Hall–Kier alpha value is -1.36. The molecule has 1 heterocycles. The molecule has 0 aliphatic carbocycles. The molecular weight excluding hydrogens is 316 g/mol. The lowest BCUT2D eigenvalue weighted by Crippen LogP contribution is -2.31. The van der Waals surface area contributed by atoms with E-state index in [1.54, 1.807) is 0 Å². The van der Waals surface area contributed by atoms with Crippen molar-refractivity contribution in [1.82, 2.24) is 10.6 Å². The lowest BCUT2D eigenvalue weighted by Gasteiger charge is -2.07. The summed E-state index contributed by atoms with van der Waals surface area (Å²) in [5.74, 6) is 0.0128. The van der Waals surface area contributed by atoms with Gasteiger partial charge < -0.3 is 10.6 Å². The fourth-order valence-corrected chi connectivity index (χ4v) is 2.92. The number of carbonyl (C=O) groups excluding carboxylic acids is 1. The summed E-state index contributed by atoms with van der Waals surface area (Å²) in [5.41, 5.74) is 3.33. The van der Waals surface area contributed by atoms with Gasteiger partial charge in [-0.15, -0.1) is 23.7 Å². The number of carbonyl (C=O) groups is 1. The zero-order valence-corrected chi connectivity index (χ0v) is 14.7. The summed E-state index contributed by atoms with van der Waals surface area (Å²) in [6.45, 7) is 6.65. The lowest BCUT2D eigenvalue weighted by atomic mass is 10.0. The van der Waals surface area contributed by atoms with Crippen molar-refractivity contribution in [3.05, 3.63) is 46.2 Å². The van der Waals surface area contributed by atoms with Crippen molar-refractivity contribution in [1.29, 1.82) is 0 Å². The normalized spacial score (nSPS) is 10.1. The monoisotopic (exact) mass is 338 g/mol. The minimum absolute atomic E-state index is 0. The Balaban J connectivity index is 0.00000242. The van der Waals surface area contributed by atoms with Gasteiger partial charge >= 0.3 is 0 Å². The predicted octanol–water partition coefficient (Wildman–Crippen LogP) is 3.87. The van der Waals surface area contributed by atoms with Crippen LogP contribution in [0.25, 0.3) is 11.1 Å². The van der Waals surface area contributed by atoms with Gasteiger partial charge in [-0.2, -0.15) is 0 Å². The molecule has 120 valence electrons. The fraction of sp³-hybridized carbons (Fsp3) is 0.353. The Kier molecular flexibility index (Phi) is 8.17. The topological polar surface area (TPSA) is 41.1 Å². The highest BCUT2D eigenvalue weighted by Crippen LogP contribution is 2.28. The van der Waals surface area contributed by atoms with Crippen molar-refractivity contribution in [3.8, 4) is 11.1 Å². The Bertz CT molecular complexity index is 581. The Morgan fingerprint density at radius 1 is 1.09 bits per heavy atom. The molecule has 0 aliphatic heterocycles. The number of benzene rings is 1. The maximum Gasteiger partial charge on any atom is 0.262 e. The van der Waals surface area contributed by atoms with Gasteiger partial charge in [0.2, 0.25) is 0 Å². The van der Waals surface area contributed by atoms with E-state index in [1.165, 1.54) is 16.9 Å². The molecule has 0 atom stereocenters. The van der Waals surface area contributed by atoms with E-state index in [4.69, 9.17) is 0 Å². The van der Waals surface area contributed by atoms with Crippen LogP contribution >= 0.6 is 23.7 Å². The largest absolute Gasteiger partial charge is 0.350 e. The number of hydrogen-bond acceptors (Lipinski definition) is 3. The molecule has 0 saturated carbocycles. The standard InChI is InChI=1S/C17H22N2OS.ClH/c1-3-9-18-10-11-19-17(20)16-15(8-12-21-16)14-6-4-13(2)5-7-14;/h4-8,12,18H,3,9-11H2,1-2H3,(H,19,20);1H. The van der Waals surface area contributed by atoms with E-state index in [0.29, 0.717) is 6.54 Å². The first kappa shape index (κ1) is 18.7. The first-order valence-electron chi connectivity index (χ1n) is 7.36. The average molecular weight is 339 g/mol. The Labute approximate surface area is 142 Å². The van der Waals surface area contributed by atoms with E-state index in [0.717, 1.165) is 35.5 Å². The van der Waals surface area contributed by atoms with Gasteiger partial charge in [-0.1, -0.05) is 36.8 Å². The van der Waals surface area contributed by atoms with Crippen LogP contribution in [0.4, 0.5) is 0 Å². The average Bonchev–Trinajstić information content (AvgIpc) is 2.97. The summed E-state index contributed by atoms with van der Waals surface area (Å²) in [6.07, 6.45) is 1.11. The smallest absolute Gasteiger partial charge is 0.262 e. The maximum atomic E-state index is 12.3. The van der Waals surface area contributed by atoms with E-state index >= 15 is 0 Å². The van der Waals surface area contributed by atoms with Crippen LogP contribution in [0.3, 0.4) is 0 Å². The number of rotatable bonds is 7. The molecule has 22 heavy (non-hydrogen) atoms. The summed E-state index contributed by atoms with van der Waals surface area (Å²) < 4.78 is 0. The van der Waals surface area contributed by atoms with Gasteiger partial charge in [0.1, 0.15) is 0 Å². The second kappa shape index (κ2) is 9.62. The van der Waals surface area contributed by atoms with E-state index < -0.39 is 0 Å². The third-order valence-corrected chi connectivity index (χ3v) is 4.16. The summed E-state index contributed by atoms with van der Waals surface area (Å²) in [7, 11) is 0. The SMILES string of the molecule is CCCNCCNC(=O)c1sccc1-c1ccc(C)cc1.Cl. The first-order valence-corrected chi connectivity index (χ1v) is 8.23. The molecular formula is C17H23ClN2OS. The molecule has 0 saturated heterocycles. The zero-order valence-electron chi connectivity index (χ0n) is 13.0. The molecule has 5 heteroatoms. The van der Waals surface area contributed by atoms with Gasteiger partial charge in [-0.3, -0.25) is 4.79 Å². The molecule has 0 radical (unpaired) electrons. The van der Waals surface area contributed by atoms with Crippen LogP contribution in [0.5, 0.6) is 0 Å². The molecule has 1 aromatic carbocycles. The summed E-state index contributed by atoms with van der Waals surface area (Å²) >= 11 is 1.49. The van der Waals surface area contributed by atoms with Crippen molar-refractivity contribution < 1.29 is 4.79 Å². The number of thiophene rings is 1.